The third kappa shape index (κ3) is 3.61. The van der Waals surface area contributed by atoms with E-state index >= 15 is 0 Å². The van der Waals surface area contributed by atoms with Gasteiger partial charge in [-0.3, -0.25) is 0 Å². The summed E-state index contributed by atoms with van der Waals surface area (Å²) in [5.41, 5.74) is 1.17. The quantitative estimate of drug-likeness (QED) is 0.791. The first kappa shape index (κ1) is 15.5. The normalized spacial score (nSPS) is 14.2. The van der Waals surface area contributed by atoms with E-state index in [4.69, 9.17) is 16.3 Å². The second-order valence-corrected chi connectivity index (χ2v) is 5.81. The van der Waals surface area contributed by atoms with E-state index in [0.29, 0.717) is 6.61 Å². The van der Waals surface area contributed by atoms with Gasteiger partial charge in [0.1, 0.15) is 6.10 Å². The largest absolute Gasteiger partial charge is 0.372 e. The Labute approximate surface area is 129 Å². The van der Waals surface area contributed by atoms with E-state index in [1.54, 1.807) is 11.3 Å². The van der Waals surface area contributed by atoms with Crippen LogP contribution in [-0.2, 0) is 4.74 Å². The van der Waals surface area contributed by atoms with Crippen molar-refractivity contribution in [1.29, 1.82) is 0 Å². The van der Waals surface area contributed by atoms with Crippen LogP contribution in [0, 0.1) is 0 Å². The highest BCUT2D eigenvalue weighted by molar-refractivity contribution is 7.10. The molecule has 1 aromatic heterocycles. The van der Waals surface area contributed by atoms with Crippen LogP contribution < -0.4 is 5.32 Å². The van der Waals surface area contributed by atoms with E-state index in [1.165, 1.54) is 5.56 Å². The van der Waals surface area contributed by atoms with E-state index < -0.39 is 0 Å². The summed E-state index contributed by atoms with van der Waals surface area (Å²) in [6, 6.07) is 12.3. The molecule has 0 radical (unpaired) electrons. The molecule has 2 atom stereocenters. The van der Waals surface area contributed by atoms with Gasteiger partial charge in [0.2, 0.25) is 0 Å². The summed E-state index contributed by atoms with van der Waals surface area (Å²) >= 11 is 7.99. The van der Waals surface area contributed by atoms with Gasteiger partial charge in [-0.1, -0.05) is 48.9 Å². The average molecular weight is 310 g/mol. The molecule has 0 amide bonds. The van der Waals surface area contributed by atoms with Gasteiger partial charge >= 0.3 is 0 Å². The molecule has 0 fully saturated rings. The van der Waals surface area contributed by atoms with Gasteiger partial charge in [-0.05, 0) is 30.5 Å². The maximum Gasteiger partial charge on any atom is 0.103 e. The Morgan fingerprint density at radius 3 is 2.50 bits per heavy atom. The summed E-state index contributed by atoms with van der Waals surface area (Å²) in [5.74, 6) is 0. The summed E-state index contributed by atoms with van der Waals surface area (Å²) in [6.45, 7) is 5.66. The predicted octanol–water partition coefficient (Wildman–Crippen LogP) is 4.83. The lowest BCUT2D eigenvalue weighted by atomic mass is 10.0. The first-order chi connectivity index (χ1) is 9.77. The molecule has 1 heterocycles. The number of nitrogens with one attached hydrogen (secondary N) is 1. The van der Waals surface area contributed by atoms with Gasteiger partial charge in [0.25, 0.3) is 0 Å². The van der Waals surface area contributed by atoms with Crippen molar-refractivity contribution in [2.24, 2.45) is 0 Å². The lowest BCUT2D eigenvalue weighted by Gasteiger charge is -2.27. The van der Waals surface area contributed by atoms with Crippen molar-refractivity contribution in [3.8, 4) is 0 Å². The monoisotopic (exact) mass is 309 g/mol. The van der Waals surface area contributed by atoms with Crippen molar-refractivity contribution < 1.29 is 4.74 Å². The van der Waals surface area contributed by atoms with Crippen LogP contribution in [0.1, 0.15) is 36.4 Å². The van der Waals surface area contributed by atoms with Gasteiger partial charge in [-0.15, -0.1) is 11.3 Å². The Morgan fingerprint density at radius 2 is 1.95 bits per heavy atom. The third-order valence-electron chi connectivity index (χ3n) is 3.13. The Kier molecular flexibility index (Phi) is 6.05. The Hall–Kier alpha value is -0.870. The first-order valence-electron chi connectivity index (χ1n) is 6.90. The average Bonchev–Trinajstić information content (AvgIpc) is 2.90. The molecular weight excluding hydrogens is 290 g/mol. The molecule has 2 rings (SSSR count). The van der Waals surface area contributed by atoms with Crippen molar-refractivity contribution in [3.05, 3.63) is 57.2 Å². The maximum absolute atomic E-state index is 6.32. The fraction of sp³-hybridized carbons (Fsp3) is 0.375. The summed E-state index contributed by atoms with van der Waals surface area (Å²) in [7, 11) is 0. The van der Waals surface area contributed by atoms with Crippen molar-refractivity contribution in [3.63, 3.8) is 0 Å². The molecule has 1 N–H and O–H groups in total. The highest BCUT2D eigenvalue weighted by Crippen LogP contribution is 2.38. The summed E-state index contributed by atoms with van der Waals surface area (Å²) in [5, 5.41) is 6.34. The van der Waals surface area contributed by atoms with Crippen LogP contribution >= 0.6 is 22.9 Å². The van der Waals surface area contributed by atoms with Crippen molar-refractivity contribution in [2.75, 3.05) is 13.2 Å². The van der Waals surface area contributed by atoms with Crippen LogP contribution in [0.15, 0.2) is 41.8 Å². The van der Waals surface area contributed by atoms with Gasteiger partial charge in [-0.2, -0.15) is 0 Å². The number of likely N-dealkylation sites (N-methyl/N-ethyl adjacent to an activating group) is 1. The van der Waals surface area contributed by atoms with Crippen molar-refractivity contribution in [2.45, 2.75) is 26.0 Å². The standard InChI is InChI=1S/C16H20ClNOS/c1-3-18-14(16-13(17)10-11-20-16)15(19-4-2)12-8-6-5-7-9-12/h5-11,14-15,18H,3-4H2,1-2H3. The molecule has 0 aliphatic rings. The maximum atomic E-state index is 6.32. The third-order valence-corrected chi connectivity index (χ3v) is 4.57. The molecule has 108 valence electrons. The molecule has 0 saturated carbocycles. The molecule has 4 heteroatoms. The van der Waals surface area contributed by atoms with Crippen LogP contribution in [0.2, 0.25) is 5.02 Å². The van der Waals surface area contributed by atoms with Crippen LogP contribution in [0.3, 0.4) is 0 Å². The van der Waals surface area contributed by atoms with Crippen molar-refractivity contribution in [1.82, 2.24) is 5.32 Å². The molecule has 1 aromatic carbocycles. The fourth-order valence-corrected chi connectivity index (χ4v) is 3.57. The number of thiophene rings is 1. The number of rotatable bonds is 7. The van der Waals surface area contributed by atoms with Gasteiger partial charge in [0.05, 0.1) is 11.1 Å². The number of benzene rings is 1. The minimum absolute atomic E-state index is 0.0303. The molecule has 0 aliphatic heterocycles. The second kappa shape index (κ2) is 7.79. The van der Waals surface area contributed by atoms with Gasteiger partial charge in [-0.25, -0.2) is 0 Å². The fourth-order valence-electron chi connectivity index (χ4n) is 2.29. The summed E-state index contributed by atoms with van der Waals surface area (Å²) in [6.07, 6.45) is -0.0303. The molecule has 0 spiro atoms. The van der Waals surface area contributed by atoms with E-state index in [9.17, 15) is 0 Å². The van der Waals surface area contributed by atoms with Crippen molar-refractivity contribution >= 4 is 22.9 Å². The minimum atomic E-state index is -0.0303. The Morgan fingerprint density at radius 1 is 1.20 bits per heavy atom. The first-order valence-corrected chi connectivity index (χ1v) is 8.16. The SMILES string of the molecule is CCNC(c1sccc1Cl)C(OCC)c1ccccc1. The van der Waals surface area contributed by atoms with Gasteiger partial charge < -0.3 is 10.1 Å². The molecule has 0 saturated heterocycles. The summed E-state index contributed by atoms with van der Waals surface area (Å²) in [4.78, 5) is 1.14. The highest BCUT2D eigenvalue weighted by Gasteiger charge is 2.27. The molecule has 2 aromatic rings. The summed E-state index contributed by atoms with van der Waals surface area (Å²) < 4.78 is 6.01. The smallest absolute Gasteiger partial charge is 0.103 e. The van der Waals surface area contributed by atoms with E-state index in [0.717, 1.165) is 16.4 Å². The second-order valence-electron chi connectivity index (χ2n) is 4.45. The Bertz CT molecular complexity index is 514. The number of hydrogen-bond acceptors (Lipinski definition) is 3. The van der Waals surface area contributed by atoms with Crippen LogP contribution in [-0.4, -0.2) is 13.2 Å². The zero-order chi connectivity index (χ0) is 14.4. The Balaban J connectivity index is 2.35. The molecular formula is C16H20ClNOS. The molecule has 0 aliphatic carbocycles. The highest BCUT2D eigenvalue weighted by atomic mass is 35.5. The topological polar surface area (TPSA) is 21.3 Å². The molecule has 0 bridgehead atoms. The van der Waals surface area contributed by atoms with E-state index in [-0.39, 0.29) is 12.1 Å². The minimum Gasteiger partial charge on any atom is -0.372 e. The zero-order valence-electron chi connectivity index (χ0n) is 11.8. The lowest BCUT2D eigenvalue weighted by molar-refractivity contribution is 0.0340. The number of halogens is 1. The number of hydrogen-bond donors (Lipinski definition) is 1. The predicted molar refractivity (Wildman–Crippen MR) is 86.6 cm³/mol. The van der Waals surface area contributed by atoms with E-state index in [2.05, 4.69) is 24.4 Å². The zero-order valence-corrected chi connectivity index (χ0v) is 13.4. The van der Waals surface area contributed by atoms with Gasteiger partial charge in [0.15, 0.2) is 0 Å². The van der Waals surface area contributed by atoms with Crippen LogP contribution in [0.4, 0.5) is 0 Å². The lowest BCUT2D eigenvalue weighted by Crippen LogP contribution is -2.28. The molecule has 2 nitrogen and oxygen atoms in total. The molecule has 20 heavy (non-hydrogen) atoms. The van der Waals surface area contributed by atoms with Crippen LogP contribution in [0.25, 0.3) is 0 Å². The van der Waals surface area contributed by atoms with E-state index in [1.807, 2.05) is 36.6 Å². The number of ether oxygens (including phenoxy) is 1. The van der Waals surface area contributed by atoms with Gasteiger partial charge in [0, 0.05) is 11.5 Å². The van der Waals surface area contributed by atoms with Crippen LogP contribution in [0.5, 0.6) is 0 Å². The molecule has 2 unspecified atom stereocenters.